The van der Waals surface area contributed by atoms with Crippen LogP contribution in [0.15, 0.2) is 0 Å². The maximum atomic E-state index is 3.11. The molecule has 0 bridgehead atoms. The van der Waals surface area contributed by atoms with Crippen LogP contribution in [0.2, 0.25) is 14.8 Å². The third-order valence-electron chi connectivity index (χ3n) is 0.195. The predicted octanol–water partition coefficient (Wildman–Crippen LogP) is 1.85. The molecule has 0 aliphatic rings. The molecule has 9 heavy (non-hydrogen) atoms. The molecule has 0 saturated carbocycles. The molecule has 0 saturated heterocycles. The number of halogens is 1. The quantitative estimate of drug-likeness (QED) is 0.668. The molecular weight excluding hydrogens is 283 g/mol. The van der Waals surface area contributed by atoms with Crippen molar-refractivity contribution in [3.05, 3.63) is 0 Å². The van der Waals surface area contributed by atoms with E-state index in [1.165, 1.54) is 0 Å². The van der Waals surface area contributed by atoms with Gasteiger partial charge >= 0.3 is 40.8 Å². The number of nitrogens with zero attached hydrogens (tertiary/aromatic N) is 1. The Morgan fingerprint density at radius 2 is 1.33 bits per heavy atom. The molecule has 4 heteroatoms. The van der Waals surface area contributed by atoms with Crippen LogP contribution in [-0.2, 0) is 0 Å². The standard InChI is InChI=1S/C2H6BBrN.3CH3.Sn/c1-5(2)3-4;;;;/h1-2H3;3*1H3;. The molecule has 0 fully saturated rings. The van der Waals surface area contributed by atoms with Gasteiger partial charge in [-0.1, -0.05) is 0 Å². The molecule has 0 N–H and O–H groups in total. The minimum atomic E-state index is -0.543. The summed E-state index contributed by atoms with van der Waals surface area (Å²) in [7, 11) is 3.91. The molecule has 0 aromatic carbocycles. The zero-order valence-electron chi connectivity index (χ0n) is 6.90. The van der Waals surface area contributed by atoms with Gasteiger partial charge in [-0.05, 0) is 14.1 Å². The van der Waals surface area contributed by atoms with Crippen LogP contribution in [0.5, 0.6) is 0 Å². The van der Waals surface area contributed by atoms with Gasteiger partial charge in [-0.2, -0.15) is 0 Å². The van der Waals surface area contributed by atoms with Crippen molar-refractivity contribution in [3.8, 4) is 0 Å². The van der Waals surface area contributed by atoms with Gasteiger partial charge in [-0.15, -0.1) is 15.8 Å². The van der Waals surface area contributed by atoms with Crippen LogP contribution in [-0.4, -0.2) is 44.9 Å². The van der Waals surface area contributed by atoms with Gasteiger partial charge in [0.05, 0.1) is 0 Å². The van der Waals surface area contributed by atoms with Crippen molar-refractivity contribution >= 4 is 41.8 Å². The van der Waals surface area contributed by atoms with Crippen LogP contribution in [0.25, 0.3) is 0 Å². The second-order valence-electron chi connectivity index (χ2n) is 2.56. The summed E-state index contributed by atoms with van der Waals surface area (Å²) in [5, 5.41) is 0. The molecule has 0 unspecified atom stereocenters. The van der Waals surface area contributed by atoms with E-state index in [2.05, 4.69) is 30.6 Å². The van der Waals surface area contributed by atoms with E-state index in [4.69, 9.17) is 0 Å². The Hall–Kier alpha value is 1.30. The van der Waals surface area contributed by atoms with E-state index in [1.54, 1.807) is 0 Å². The molecule has 0 spiro atoms. The van der Waals surface area contributed by atoms with Crippen LogP contribution in [0, 0.1) is 0 Å². The molecule has 0 aliphatic carbocycles. The SMILES string of the molecule is CN(C)[B]Br.[CH3][Sn]([CH3])[CH3]. The topological polar surface area (TPSA) is 3.24 Å². The van der Waals surface area contributed by atoms with Crippen molar-refractivity contribution in [2.45, 2.75) is 14.8 Å². The van der Waals surface area contributed by atoms with Crippen LogP contribution in [0.1, 0.15) is 0 Å². The summed E-state index contributed by atoms with van der Waals surface area (Å²) in [5.41, 5.74) is 0. The van der Waals surface area contributed by atoms with Crippen LogP contribution >= 0.6 is 15.8 Å². The Labute approximate surface area is 75.2 Å². The third kappa shape index (κ3) is 45.5. The summed E-state index contributed by atoms with van der Waals surface area (Å²) in [5.74, 6) is 0. The summed E-state index contributed by atoms with van der Waals surface area (Å²) < 4.78 is 0. The zero-order chi connectivity index (χ0) is 7.86. The molecule has 54 valence electrons. The second-order valence-corrected chi connectivity index (χ2v) is 11.5. The van der Waals surface area contributed by atoms with Gasteiger partial charge < -0.3 is 4.81 Å². The summed E-state index contributed by atoms with van der Waals surface area (Å²) in [4.78, 5) is 9.01. The van der Waals surface area contributed by atoms with Crippen molar-refractivity contribution in [1.29, 1.82) is 0 Å². The number of hydrogen-bond acceptors (Lipinski definition) is 1. The molecule has 0 heterocycles. The summed E-state index contributed by atoms with van der Waals surface area (Å²) in [6, 6.07) is 0. The molecule has 0 aromatic heterocycles. The Balaban J connectivity index is 0. The van der Waals surface area contributed by atoms with E-state index in [0.29, 0.717) is 0 Å². The van der Waals surface area contributed by atoms with Gasteiger partial charge in [-0.25, -0.2) is 0 Å². The van der Waals surface area contributed by atoms with E-state index in [0.717, 1.165) is 0 Å². The van der Waals surface area contributed by atoms with Crippen molar-refractivity contribution in [2.24, 2.45) is 0 Å². The predicted molar refractivity (Wildman–Crippen MR) is 51.7 cm³/mol. The fraction of sp³-hybridized carbons (Fsp3) is 1.00. The molecule has 0 aromatic rings. The summed E-state index contributed by atoms with van der Waals surface area (Å²) in [6.07, 6.45) is 1.81. The molecule has 0 rings (SSSR count). The zero-order valence-corrected chi connectivity index (χ0v) is 11.3. The van der Waals surface area contributed by atoms with Crippen molar-refractivity contribution in [3.63, 3.8) is 0 Å². The normalized spacial score (nSPS) is 8.89. The molecule has 1 nitrogen and oxygen atoms in total. The van der Waals surface area contributed by atoms with E-state index >= 15 is 0 Å². The van der Waals surface area contributed by atoms with Crippen molar-refractivity contribution in [2.75, 3.05) is 14.1 Å². The first kappa shape index (κ1) is 12.9. The van der Waals surface area contributed by atoms with Gasteiger partial charge in [0.1, 0.15) is 0 Å². The van der Waals surface area contributed by atoms with Crippen LogP contribution in [0.3, 0.4) is 0 Å². The first-order valence-electron chi connectivity index (χ1n) is 2.87. The molecule has 2 radical (unpaired) electrons. The Kier molecular flexibility index (Phi) is 13.4. The fourth-order valence-corrected chi connectivity index (χ4v) is 0. The van der Waals surface area contributed by atoms with Crippen molar-refractivity contribution in [1.82, 2.24) is 4.81 Å². The van der Waals surface area contributed by atoms with E-state index < -0.39 is 19.8 Å². The maximum absolute atomic E-state index is 3.11. The van der Waals surface area contributed by atoms with Crippen LogP contribution < -0.4 is 0 Å². The minimum absolute atomic E-state index is 0.543. The Morgan fingerprint density at radius 1 is 1.22 bits per heavy atom. The second kappa shape index (κ2) is 9.30. The average Bonchev–Trinajstić information content (AvgIpc) is 1.65. The first-order chi connectivity index (χ1) is 4.00. The number of hydrogen-bond donors (Lipinski definition) is 0. The number of rotatable bonds is 1. The van der Waals surface area contributed by atoms with Crippen molar-refractivity contribution < 1.29 is 0 Å². The molecule has 0 aliphatic heterocycles. The Bertz CT molecular complexity index is 49.5. The van der Waals surface area contributed by atoms with Crippen LogP contribution in [0.4, 0.5) is 0 Å². The average molecular weight is 299 g/mol. The fourth-order valence-electron chi connectivity index (χ4n) is 0. The first-order valence-corrected chi connectivity index (χ1v) is 12.3. The summed E-state index contributed by atoms with van der Waals surface area (Å²) in [6.45, 7) is 0. The van der Waals surface area contributed by atoms with Gasteiger partial charge in [0.25, 0.3) is 0 Å². The monoisotopic (exact) mass is 299 g/mol. The summed E-state index contributed by atoms with van der Waals surface area (Å²) >= 11 is 2.57. The van der Waals surface area contributed by atoms with E-state index in [1.807, 2.05) is 25.1 Å². The molecular formula is C5H15BBrNSn. The van der Waals surface area contributed by atoms with E-state index in [-0.39, 0.29) is 0 Å². The van der Waals surface area contributed by atoms with Gasteiger partial charge in [0.15, 0.2) is 0 Å². The van der Waals surface area contributed by atoms with E-state index in [9.17, 15) is 0 Å². The molecule has 0 amide bonds. The van der Waals surface area contributed by atoms with Gasteiger partial charge in [0, 0.05) is 0 Å². The Morgan fingerprint density at radius 3 is 1.33 bits per heavy atom. The molecule has 0 atom stereocenters. The van der Waals surface area contributed by atoms with Gasteiger partial charge in [0.2, 0.25) is 0 Å². The van der Waals surface area contributed by atoms with Gasteiger partial charge in [-0.3, -0.25) is 0 Å². The third-order valence-corrected chi connectivity index (χ3v) is 1.01.